The van der Waals surface area contributed by atoms with Gasteiger partial charge in [0.2, 0.25) is 11.8 Å². The summed E-state index contributed by atoms with van der Waals surface area (Å²) >= 11 is 0. The zero-order valence-corrected chi connectivity index (χ0v) is 17.2. The van der Waals surface area contributed by atoms with Crippen LogP contribution < -0.4 is 10.2 Å². The normalized spacial score (nSPS) is 28.2. The molecule has 3 heterocycles. The monoisotopic (exact) mass is 411 g/mol. The van der Waals surface area contributed by atoms with E-state index in [0.29, 0.717) is 36.5 Å². The third kappa shape index (κ3) is 3.29. The summed E-state index contributed by atoms with van der Waals surface area (Å²) in [5, 5.41) is 11.8. The number of rotatable bonds is 3. The van der Waals surface area contributed by atoms with E-state index in [1.54, 1.807) is 4.90 Å². The maximum absolute atomic E-state index is 12.9. The third-order valence-corrected chi connectivity index (χ3v) is 7.76. The number of anilines is 1. The van der Waals surface area contributed by atoms with Crippen LogP contribution in [0.4, 0.5) is 5.69 Å². The van der Waals surface area contributed by atoms with Crippen LogP contribution in [-0.4, -0.2) is 53.5 Å². The molecule has 30 heavy (non-hydrogen) atoms. The van der Waals surface area contributed by atoms with Gasteiger partial charge in [0.15, 0.2) is 0 Å². The highest BCUT2D eigenvalue weighted by molar-refractivity contribution is 6.05. The average molecular weight is 412 g/mol. The van der Waals surface area contributed by atoms with Crippen LogP contribution in [-0.2, 0) is 16.1 Å². The highest BCUT2D eigenvalue weighted by Gasteiger charge is 2.42. The van der Waals surface area contributed by atoms with Crippen molar-refractivity contribution in [3.63, 3.8) is 0 Å². The van der Waals surface area contributed by atoms with Gasteiger partial charge in [-0.1, -0.05) is 0 Å². The molecule has 0 aromatic heterocycles. The van der Waals surface area contributed by atoms with Crippen LogP contribution in [0, 0.1) is 11.3 Å². The van der Waals surface area contributed by atoms with E-state index in [2.05, 4.69) is 16.3 Å². The van der Waals surface area contributed by atoms with Gasteiger partial charge in [0.1, 0.15) is 6.04 Å². The summed E-state index contributed by atoms with van der Waals surface area (Å²) < 4.78 is 0. The predicted molar refractivity (Wildman–Crippen MR) is 111 cm³/mol. The molecule has 2 unspecified atom stereocenters. The Bertz CT molecular complexity index is 890. The van der Waals surface area contributed by atoms with Gasteiger partial charge in [-0.15, -0.1) is 0 Å². The molecule has 7 heteroatoms. The highest BCUT2D eigenvalue weighted by atomic mass is 16.3. The number of aliphatic hydroxyl groups excluding tert-OH is 1. The molecule has 2 atom stereocenters. The lowest BCUT2D eigenvalue weighted by molar-refractivity contribution is -0.136. The minimum Gasteiger partial charge on any atom is -0.396 e. The Morgan fingerprint density at radius 2 is 1.90 bits per heavy atom. The first-order valence-electron chi connectivity index (χ1n) is 11.1. The summed E-state index contributed by atoms with van der Waals surface area (Å²) in [6.45, 7) is 2.74. The molecule has 3 amide bonds. The molecule has 1 spiro atoms. The molecule has 1 saturated carbocycles. The molecule has 160 valence electrons. The van der Waals surface area contributed by atoms with Crippen LogP contribution in [0.1, 0.15) is 60.9 Å². The summed E-state index contributed by atoms with van der Waals surface area (Å²) in [4.78, 5) is 40.5. The molecule has 5 rings (SSSR count). The molecule has 4 aliphatic rings. The molecule has 1 aromatic carbocycles. The standard InChI is InChI=1S/C23H29N3O4/c27-14-15-5-6-23(12-15)7-9-25(10-8-23)17-1-2-18-16(11-17)13-26(22(18)30)19-3-4-20(28)24-21(19)29/h1-2,11,15,19,27H,3-10,12-14H2,(H,24,28,29). The van der Waals surface area contributed by atoms with Crippen LogP contribution in [0.3, 0.4) is 0 Å². The van der Waals surface area contributed by atoms with Crippen molar-refractivity contribution < 1.29 is 19.5 Å². The number of hydrogen-bond acceptors (Lipinski definition) is 5. The SMILES string of the molecule is O=C1CCC(N2Cc3cc(N4CCC5(CCC(CO)C5)CC4)ccc3C2=O)C(=O)N1. The van der Waals surface area contributed by atoms with Gasteiger partial charge in [-0.2, -0.15) is 0 Å². The van der Waals surface area contributed by atoms with Crippen molar-refractivity contribution in [2.45, 2.75) is 57.5 Å². The minimum absolute atomic E-state index is 0.121. The Labute approximate surface area is 176 Å². The molecule has 2 N–H and O–H groups in total. The fourth-order valence-corrected chi connectivity index (χ4v) is 5.93. The van der Waals surface area contributed by atoms with E-state index in [9.17, 15) is 19.5 Å². The summed E-state index contributed by atoms with van der Waals surface area (Å²) in [6.07, 6.45) is 6.49. The van der Waals surface area contributed by atoms with Gasteiger partial charge in [-0.3, -0.25) is 19.7 Å². The Morgan fingerprint density at radius 3 is 2.60 bits per heavy atom. The second-order valence-electron chi connectivity index (χ2n) is 9.52. The second-order valence-corrected chi connectivity index (χ2v) is 9.52. The largest absolute Gasteiger partial charge is 0.396 e. The fourth-order valence-electron chi connectivity index (χ4n) is 5.93. The Morgan fingerprint density at radius 1 is 1.10 bits per heavy atom. The number of benzene rings is 1. The first-order valence-corrected chi connectivity index (χ1v) is 11.1. The molecule has 7 nitrogen and oxygen atoms in total. The molecule has 2 saturated heterocycles. The summed E-state index contributed by atoms with van der Waals surface area (Å²) in [5.74, 6) is -0.282. The third-order valence-electron chi connectivity index (χ3n) is 7.76. The Balaban J connectivity index is 1.27. The van der Waals surface area contributed by atoms with Gasteiger partial charge >= 0.3 is 0 Å². The first kappa shape index (κ1) is 19.5. The quantitative estimate of drug-likeness (QED) is 0.741. The number of piperidine rings is 2. The maximum atomic E-state index is 12.9. The molecular weight excluding hydrogens is 382 g/mol. The van der Waals surface area contributed by atoms with Crippen molar-refractivity contribution in [1.29, 1.82) is 0 Å². The zero-order chi connectivity index (χ0) is 20.9. The minimum atomic E-state index is -0.567. The lowest BCUT2D eigenvalue weighted by Crippen LogP contribution is -2.52. The van der Waals surface area contributed by atoms with Gasteiger partial charge in [0.05, 0.1) is 0 Å². The van der Waals surface area contributed by atoms with Gasteiger partial charge < -0.3 is 14.9 Å². The molecule has 0 bridgehead atoms. The first-order chi connectivity index (χ1) is 14.5. The van der Waals surface area contributed by atoms with E-state index >= 15 is 0 Å². The maximum Gasteiger partial charge on any atom is 0.255 e. The van der Waals surface area contributed by atoms with Crippen molar-refractivity contribution in [1.82, 2.24) is 10.2 Å². The smallest absolute Gasteiger partial charge is 0.255 e. The Hall–Kier alpha value is -2.41. The number of carbonyl (C=O) groups is 3. The van der Waals surface area contributed by atoms with E-state index in [-0.39, 0.29) is 24.1 Å². The Kier molecular flexibility index (Phi) is 4.81. The highest BCUT2D eigenvalue weighted by Crippen LogP contribution is 2.49. The predicted octanol–water partition coefficient (Wildman–Crippen LogP) is 1.83. The van der Waals surface area contributed by atoms with E-state index < -0.39 is 6.04 Å². The number of aliphatic hydroxyl groups is 1. The fraction of sp³-hybridized carbons (Fsp3) is 0.609. The lowest BCUT2D eigenvalue weighted by atomic mass is 9.76. The van der Waals surface area contributed by atoms with Crippen molar-refractivity contribution in [2.75, 3.05) is 24.6 Å². The average Bonchev–Trinajstić information content (AvgIpc) is 3.29. The zero-order valence-electron chi connectivity index (χ0n) is 17.2. The van der Waals surface area contributed by atoms with E-state index in [1.165, 1.54) is 6.42 Å². The number of nitrogens with one attached hydrogen (secondary N) is 1. The molecule has 3 aliphatic heterocycles. The van der Waals surface area contributed by atoms with Crippen LogP contribution in [0.15, 0.2) is 18.2 Å². The van der Waals surface area contributed by atoms with Crippen molar-refractivity contribution >= 4 is 23.4 Å². The number of hydrogen-bond donors (Lipinski definition) is 2. The number of carbonyl (C=O) groups excluding carboxylic acids is 3. The molecule has 1 aromatic rings. The van der Waals surface area contributed by atoms with Gasteiger partial charge in [-0.25, -0.2) is 0 Å². The molecular formula is C23H29N3O4. The number of nitrogens with zero attached hydrogens (tertiary/aromatic N) is 2. The second kappa shape index (κ2) is 7.38. The van der Waals surface area contributed by atoms with Gasteiger partial charge in [-0.05, 0) is 73.6 Å². The number of fused-ring (bicyclic) bond motifs is 1. The molecule has 0 radical (unpaired) electrons. The van der Waals surface area contributed by atoms with Crippen LogP contribution in [0.5, 0.6) is 0 Å². The van der Waals surface area contributed by atoms with Crippen LogP contribution in [0.25, 0.3) is 0 Å². The van der Waals surface area contributed by atoms with Crippen molar-refractivity contribution in [2.24, 2.45) is 11.3 Å². The summed E-state index contributed by atoms with van der Waals surface area (Å²) in [7, 11) is 0. The van der Waals surface area contributed by atoms with Crippen LogP contribution in [0.2, 0.25) is 0 Å². The summed E-state index contributed by atoms with van der Waals surface area (Å²) in [5.41, 5.74) is 3.17. The van der Waals surface area contributed by atoms with E-state index in [4.69, 9.17) is 0 Å². The summed E-state index contributed by atoms with van der Waals surface area (Å²) in [6, 6.07) is 5.44. The van der Waals surface area contributed by atoms with E-state index in [0.717, 1.165) is 50.0 Å². The lowest BCUT2D eigenvalue weighted by Gasteiger charge is -2.41. The van der Waals surface area contributed by atoms with Crippen molar-refractivity contribution in [3.05, 3.63) is 29.3 Å². The number of amides is 3. The van der Waals surface area contributed by atoms with E-state index in [1.807, 2.05) is 12.1 Å². The van der Waals surface area contributed by atoms with Gasteiger partial charge in [0, 0.05) is 43.9 Å². The topological polar surface area (TPSA) is 90.0 Å². The molecule has 1 aliphatic carbocycles. The number of imide groups is 1. The van der Waals surface area contributed by atoms with Crippen LogP contribution >= 0.6 is 0 Å². The molecule has 3 fully saturated rings. The van der Waals surface area contributed by atoms with Crippen molar-refractivity contribution in [3.8, 4) is 0 Å². The van der Waals surface area contributed by atoms with Gasteiger partial charge in [0.25, 0.3) is 5.91 Å².